The summed E-state index contributed by atoms with van der Waals surface area (Å²) in [7, 11) is -1.99. The highest BCUT2D eigenvalue weighted by Crippen LogP contribution is 2.69. The van der Waals surface area contributed by atoms with E-state index in [0.717, 1.165) is 12.1 Å². The largest absolute Gasteiger partial charge is 0.340 e. The van der Waals surface area contributed by atoms with Crippen molar-refractivity contribution in [1.29, 1.82) is 0 Å². The van der Waals surface area contributed by atoms with Crippen molar-refractivity contribution in [2.75, 3.05) is 4.57 Å². The lowest BCUT2D eigenvalue weighted by atomic mass is 9.86. The van der Waals surface area contributed by atoms with Gasteiger partial charge in [-0.2, -0.15) is 0 Å². The number of anilines is 1. The topological polar surface area (TPSA) is 20.3 Å². The second kappa shape index (κ2) is 5.75. The number of benzene rings is 1. The SMILES string of the molecule is CC1CC(C)(C)c2cccc(N(C(=O)C3C(C)(C)C3(Cl)Cl)[Si](C)(C)C)c21. The summed E-state index contributed by atoms with van der Waals surface area (Å²) in [5, 5.41) is 0. The highest BCUT2D eigenvalue weighted by Gasteiger charge is 2.74. The van der Waals surface area contributed by atoms with Crippen molar-refractivity contribution >= 4 is 43.0 Å². The number of hydrogen-bond donors (Lipinski definition) is 0. The van der Waals surface area contributed by atoms with Crippen LogP contribution >= 0.6 is 23.2 Å². The second-order valence-electron chi connectivity index (χ2n) is 10.3. The van der Waals surface area contributed by atoms with Gasteiger partial charge in [0.15, 0.2) is 8.24 Å². The van der Waals surface area contributed by atoms with Crippen molar-refractivity contribution < 1.29 is 4.79 Å². The Hall–Kier alpha value is -0.513. The minimum absolute atomic E-state index is 0.0875. The molecule has 0 aliphatic heterocycles. The molecule has 0 heterocycles. The third-order valence-corrected chi connectivity index (χ3v) is 9.57. The number of nitrogens with zero attached hydrogens (tertiary/aromatic N) is 1. The number of carbonyl (C=O) groups excluding carboxylic acids is 1. The fourth-order valence-electron chi connectivity index (χ4n) is 4.89. The summed E-state index contributed by atoms with van der Waals surface area (Å²) in [4.78, 5) is 13.6. The van der Waals surface area contributed by atoms with E-state index in [1.54, 1.807) is 0 Å². The smallest absolute Gasteiger partial charge is 0.225 e. The van der Waals surface area contributed by atoms with E-state index in [0.29, 0.717) is 5.92 Å². The minimum Gasteiger partial charge on any atom is -0.340 e. The molecule has 0 N–H and O–H groups in total. The van der Waals surface area contributed by atoms with E-state index in [1.165, 1.54) is 11.1 Å². The highest BCUT2D eigenvalue weighted by molar-refractivity contribution is 6.83. The van der Waals surface area contributed by atoms with Crippen molar-refractivity contribution in [3.05, 3.63) is 29.3 Å². The lowest BCUT2D eigenvalue weighted by Crippen LogP contribution is -2.52. The maximum Gasteiger partial charge on any atom is 0.225 e. The number of alkyl halides is 2. The second-order valence-corrected chi connectivity index (χ2v) is 16.5. The van der Waals surface area contributed by atoms with E-state index in [1.807, 2.05) is 13.8 Å². The summed E-state index contributed by atoms with van der Waals surface area (Å²) in [6, 6.07) is 6.44. The predicted octanol–water partition coefficient (Wildman–Crippen LogP) is 6.47. The van der Waals surface area contributed by atoms with Crippen LogP contribution in [0.3, 0.4) is 0 Å². The van der Waals surface area contributed by atoms with Gasteiger partial charge in [0, 0.05) is 11.1 Å². The third kappa shape index (κ3) is 2.77. The van der Waals surface area contributed by atoms with Crippen molar-refractivity contribution in [3.8, 4) is 0 Å². The molecule has 1 amide bonds. The average molecular weight is 412 g/mol. The number of halogens is 2. The first-order valence-electron chi connectivity index (χ1n) is 9.49. The molecule has 0 saturated heterocycles. The first-order valence-corrected chi connectivity index (χ1v) is 13.7. The fourth-order valence-corrected chi connectivity index (χ4v) is 7.44. The van der Waals surface area contributed by atoms with Gasteiger partial charge in [-0.05, 0) is 34.9 Å². The average Bonchev–Trinajstić information content (AvgIpc) is 2.71. The molecule has 144 valence electrons. The van der Waals surface area contributed by atoms with Crippen molar-refractivity contribution in [1.82, 2.24) is 0 Å². The third-order valence-electron chi connectivity index (χ3n) is 6.36. The zero-order chi connectivity index (χ0) is 19.9. The molecule has 0 bridgehead atoms. The van der Waals surface area contributed by atoms with Crippen molar-refractivity contribution in [2.45, 2.75) is 76.3 Å². The monoisotopic (exact) mass is 411 g/mol. The van der Waals surface area contributed by atoms with Gasteiger partial charge in [-0.15, -0.1) is 23.2 Å². The van der Waals surface area contributed by atoms with Crippen molar-refractivity contribution in [3.63, 3.8) is 0 Å². The predicted molar refractivity (Wildman–Crippen MR) is 115 cm³/mol. The fraction of sp³-hybridized carbons (Fsp3) is 0.667. The molecular formula is C21H31Cl2NOSi. The maximum absolute atomic E-state index is 13.6. The number of fused-ring (bicyclic) bond motifs is 1. The van der Waals surface area contributed by atoms with Gasteiger partial charge in [0.1, 0.15) is 4.33 Å². The van der Waals surface area contributed by atoms with Crippen molar-refractivity contribution in [2.24, 2.45) is 11.3 Å². The van der Waals surface area contributed by atoms with E-state index < -0.39 is 18.0 Å². The van der Waals surface area contributed by atoms with Crippen LogP contribution in [0.4, 0.5) is 5.69 Å². The van der Waals surface area contributed by atoms with E-state index in [2.05, 4.69) is 63.2 Å². The Bertz CT molecular complexity index is 750. The first kappa shape index (κ1) is 20.2. The van der Waals surface area contributed by atoms with E-state index in [9.17, 15) is 4.79 Å². The molecule has 1 aromatic rings. The number of hydrogen-bond acceptors (Lipinski definition) is 1. The molecule has 2 nitrogen and oxygen atoms in total. The van der Waals surface area contributed by atoms with E-state index >= 15 is 0 Å². The van der Waals surface area contributed by atoms with Crippen LogP contribution in [0.5, 0.6) is 0 Å². The zero-order valence-corrected chi connectivity index (χ0v) is 19.7. The summed E-state index contributed by atoms with van der Waals surface area (Å²) < 4.78 is 1.10. The summed E-state index contributed by atoms with van der Waals surface area (Å²) in [6.07, 6.45) is 1.11. The lowest BCUT2D eigenvalue weighted by molar-refractivity contribution is -0.119. The Morgan fingerprint density at radius 1 is 1.15 bits per heavy atom. The molecular weight excluding hydrogens is 381 g/mol. The number of amides is 1. The normalized spacial score (nSPS) is 27.8. The quantitative estimate of drug-likeness (QED) is 0.412. The molecule has 0 aromatic heterocycles. The highest BCUT2D eigenvalue weighted by atomic mass is 35.5. The minimum atomic E-state index is -1.99. The van der Waals surface area contributed by atoms with Gasteiger partial charge in [-0.1, -0.05) is 66.4 Å². The first-order chi connectivity index (χ1) is 11.6. The maximum atomic E-state index is 13.6. The molecule has 26 heavy (non-hydrogen) atoms. The van der Waals surface area contributed by atoms with Crippen LogP contribution in [0.1, 0.15) is 58.1 Å². The molecule has 1 fully saturated rings. The Kier molecular flexibility index (Phi) is 4.47. The van der Waals surface area contributed by atoms with E-state index in [4.69, 9.17) is 23.2 Å². The molecule has 2 unspecified atom stereocenters. The molecule has 2 aliphatic rings. The van der Waals surface area contributed by atoms with Crippen LogP contribution in [-0.2, 0) is 10.2 Å². The van der Waals surface area contributed by atoms with Crippen LogP contribution < -0.4 is 4.57 Å². The molecule has 2 atom stereocenters. The van der Waals surface area contributed by atoms with Crippen LogP contribution in [0.2, 0.25) is 19.6 Å². The van der Waals surface area contributed by atoms with Gasteiger partial charge in [-0.3, -0.25) is 4.79 Å². The molecule has 5 heteroatoms. The van der Waals surface area contributed by atoms with Crippen LogP contribution in [0, 0.1) is 11.3 Å². The summed E-state index contributed by atoms with van der Waals surface area (Å²) in [5.41, 5.74) is 3.53. The van der Waals surface area contributed by atoms with Gasteiger partial charge in [0.05, 0.1) is 5.92 Å². The molecule has 0 spiro atoms. The Morgan fingerprint density at radius 3 is 2.15 bits per heavy atom. The van der Waals surface area contributed by atoms with Crippen LogP contribution in [0.25, 0.3) is 0 Å². The standard InChI is InChI=1S/C21H31Cl2NOSi/c1-13-12-19(2,3)14-10-9-11-15(16(13)14)24(26(6,7)8)18(25)17-20(4,5)21(17,22)23/h9-11,13,17H,12H2,1-8H3. The van der Waals surface area contributed by atoms with Gasteiger partial charge in [-0.25, -0.2) is 0 Å². The van der Waals surface area contributed by atoms with Crippen LogP contribution in [0.15, 0.2) is 18.2 Å². The Morgan fingerprint density at radius 2 is 1.69 bits per heavy atom. The Labute approximate surface area is 169 Å². The van der Waals surface area contributed by atoms with Gasteiger partial charge in [0.25, 0.3) is 0 Å². The zero-order valence-electron chi connectivity index (χ0n) is 17.2. The van der Waals surface area contributed by atoms with E-state index in [-0.39, 0.29) is 17.2 Å². The van der Waals surface area contributed by atoms with Crippen LogP contribution in [-0.4, -0.2) is 18.5 Å². The summed E-state index contributed by atoms with van der Waals surface area (Å²) >= 11 is 13.0. The molecule has 0 radical (unpaired) electrons. The van der Waals surface area contributed by atoms with Gasteiger partial charge >= 0.3 is 0 Å². The Balaban J connectivity index is 2.14. The molecule has 3 rings (SSSR count). The summed E-state index contributed by atoms with van der Waals surface area (Å²) in [5.74, 6) is 0.168. The number of carbonyl (C=O) groups is 1. The molecule has 1 saturated carbocycles. The molecule has 2 aliphatic carbocycles. The van der Waals surface area contributed by atoms with Gasteiger partial charge in [0.2, 0.25) is 5.91 Å². The van der Waals surface area contributed by atoms with Gasteiger partial charge < -0.3 is 4.57 Å². The lowest BCUT2D eigenvalue weighted by Gasteiger charge is -2.37. The molecule has 1 aromatic carbocycles. The summed E-state index contributed by atoms with van der Waals surface area (Å²) in [6.45, 7) is 17.5. The number of rotatable bonds is 3.